The maximum atomic E-state index is 12.3. The third kappa shape index (κ3) is 3.80. The van der Waals surface area contributed by atoms with E-state index < -0.39 is 0 Å². The number of benzene rings is 1. The highest BCUT2D eigenvalue weighted by Crippen LogP contribution is 2.30. The molecule has 2 N–H and O–H groups in total. The van der Waals surface area contributed by atoms with Gasteiger partial charge in [-0.25, -0.2) is 0 Å². The number of thioether (sulfide) groups is 1. The lowest BCUT2D eigenvalue weighted by Crippen LogP contribution is -2.41. The molecule has 20 heavy (non-hydrogen) atoms. The van der Waals surface area contributed by atoms with Crippen LogP contribution in [0.3, 0.4) is 0 Å². The number of para-hydroxylation sites is 1. The van der Waals surface area contributed by atoms with Gasteiger partial charge in [0, 0.05) is 11.3 Å². The fourth-order valence-electron chi connectivity index (χ4n) is 1.88. The van der Waals surface area contributed by atoms with Gasteiger partial charge >= 0.3 is 0 Å². The van der Waals surface area contributed by atoms with E-state index in [0.29, 0.717) is 17.1 Å². The Kier molecular flexibility index (Phi) is 6.67. The molecule has 0 aliphatic rings. The molecule has 112 valence electrons. The maximum Gasteiger partial charge on any atom is 0.255 e. The highest BCUT2D eigenvalue weighted by molar-refractivity contribution is 7.99. The summed E-state index contributed by atoms with van der Waals surface area (Å²) in [5.74, 6) is 0.668. The summed E-state index contributed by atoms with van der Waals surface area (Å²) in [4.78, 5) is 12.3. The van der Waals surface area contributed by atoms with Crippen molar-refractivity contribution in [3.63, 3.8) is 0 Å². The number of carbonyl (C=O) groups is 1. The topological polar surface area (TPSA) is 67.8 Å². The van der Waals surface area contributed by atoms with Crippen LogP contribution in [-0.4, -0.2) is 49.4 Å². The first-order chi connectivity index (χ1) is 9.58. The number of nitrogens with one attached hydrogen (secondary N) is 1. The second-order valence-electron chi connectivity index (χ2n) is 4.26. The lowest BCUT2D eigenvalue weighted by atomic mass is 10.1. The van der Waals surface area contributed by atoms with Crippen molar-refractivity contribution in [1.29, 1.82) is 0 Å². The van der Waals surface area contributed by atoms with E-state index in [1.165, 1.54) is 26.0 Å². The summed E-state index contributed by atoms with van der Waals surface area (Å²) in [5.41, 5.74) is 0.413. The van der Waals surface area contributed by atoms with Gasteiger partial charge < -0.3 is 19.9 Å². The van der Waals surface area contributed by atoms with Crippen LogP contribution in [0.15, 0.2) is 18.2 Å². The van der Waals surface area contributed by atoms with E-state index in [2.05, 4.69) is 5.32 Å². The van der Waals surface area contributed by atoms with Crippen LogP contribution in [-0.2, 0) is 0 Å². The summed E-state index contributed by atoms with van der Waals surface area (Å²) in [7, 11) is 3.02. The molecule has 0 saturated carbocycles. The summed E-state index contributed by atoms with van der Waals surface area (Å²) < 4.78 is 10.4. The van der Waals surface area contributed by atoms with Gasteiger partial charge in [-0.2, -0.15) is 11.8 Å². The largest absolute Gasteiger partial charge is 0.493 e. The van der Waals surface area contributed by atoms with E-state index in [1.807, 2.05) is 13.2 Å². The molecule has 1 aromatic rings. The average Bonchev–Trinajstić information content (AvgIpc) is 2.47. The van der Waals surface area contributed by atoms with Crippen molar-refractivity contribution in [3.05, 3.63) is 23.8 Å². The molecule has 0 radical (unpaired) electrons. The SMILES string of the molecule is COc1cccc(C(=O)NC(C)C(CO)SC)c1OC. The van der Waals surface area contributed by atoms with Gasteiger partial charge in [0.25, 0.3) is 5.91 Å². The lowest BCUT2D eigenvalue weighted by molar-refractivity contribution is 0.0932. The Morgan fingerprint density at radius 1 is 1.40 bits per heavy atom. The van der Waals surface area contributed by atoms with Crippen molar-refractivity contribution in [1.82, 2.24) is 5.32 Å². The Bertz CT molecular complexity index is 449. The average molecular weight is 299 g/mol. The molecule has 0 fully saturated rings. The smallest absolute Gasteiger partial charge is 0.255 e. The Morgan fingerprint density at radius 2 is 2.10 bits per heavy atom. The summed E-state index contributed by atoms with van der Waals surface area (Å²) >= 11 is 1.51. The van der Waals surface area contributed by atoms with Crippen molar-refractivity contribution >= 4 is 17.7 Å². The number of hydrogen-bond donors (Lipinski definition) is 2. The minimum absolute atomic E-state index is 0.0118. The molecule has 0 aliphatic carbocycles. The van der Waals surface area contributed by atoms with E-state index in [4.69, 9.17) is 9.47 Å². The number of methoxy groups -OCH3 is 2. The molecule has 2 unspecified atom stereocenters. The predicted octanol–water partition coefficient (Wildman–Crippen LogP) is 1.55. The first kappa shape index (κ1) is 16.7. The number of aliphatic hydroxyl groups is 1. The Hall–Kier alpha value is -1.40. The normalized spacial score (nSPS) is 13.4. The van der Waals surface area contributed by atoms with Crippen LogP contribution in [0, 0.1) is 0 Å². The molecule has 0 bridgehead atoms. The highest BCUT2D eigenvalue weighted by Gasteiger charge is 2.21. The second kappa shape index (κ2) is 8.01. The van der Waals surface area contributed by atoms with Crippen molar-refractivity contribution in [2.75, 3.05) is 27.1 Å². The number of hydrogen-bond acceptors (Lipinski definition) is 5. The zero-order valence-electron chi connectivity index (χ0n) is 12.2. The van der Waals surface area contributed by atoms with Crippen molar-refractivity contribution in [2.45, 2.75) is 18.2 Å². The minimum atomic E-state index is -0.249. The van der Waals surface area contributed by atoms with Gasteiger partial charge in [0.2, 0.25) is 0 Å². The van der Waals surface area contributed by atoms with Gasteiger partial charge in [-0.15, -0.1) is 0 Å². The first-order valence-corrected chi connectivity index (χ1v) is 7.53. The van der Waals surface area contributed by atoms with E-state index in [-0.39, 0.29) is 23.8 Å². The highest BCUT2D eigenvalue weighted by atomic mass is 32.2. The van der Waals surface area contributed by atoms with Crippen LogP contribution < -0.4 is 14.8 Å². The molecule has 0 aromatic heterocycles. The molecule has 0 saturated heterocycles. The van der Waals surface area contributed by atoms with Crippen LogP contribution >= 0.6 is 11.8 Å². The van der Waals surface area contributed by atoms with Gasteiger partial charge in [-0.1, -0.05) is 6.07 Å². The molecule has 0 aliphatic heterocycles. The van der Waals surface area contributed by atoms with E-state index in [0.717, 1.165) is 0 Å². The van der Waals surface area contributed by atoms with Gasteiger partial charge in [0.15, 0.2) is 11.5 Å². The molecule has 2 atom stereocenters. The summed E-state index contributed by atoms with van der Waals surface area (Å²) in [6.45, 7) is 1.87. The molecular weight excluding hydrogens is 278 g/mol. The summed E-state index contributed by atoms with van der Waals surface area (Å²) in [5, 5.41) is 12.1. The van der Waals surface area contributed by atoms with Crippen LogP contribution in [0.2, 0.25) is 0 Å². The van der Waals surface area contributed by atoms with Gasteiger partial charge in [0.05, 0.1) is 26.4 Å². The van der Waals surface area contributed by atoms with Crippen molar-refractivity contribution in [2.24, 2.45) is 0 Å². The third-order valence-electron chi connectivity index (χ3n) is 3.05. The molecule has 1 amide bonds. The van der Waals surface area contributed by atoms with Crippen LogP contribution in [0.5, 0.6) is 11.5 Å². The number of amides is 1. The maximum absolute atomic E-state index is 12.3. The van der Waals surface area contributed by atoms with E-state index in [9.17, 15) is 9.90 Å². The molecule has 6 heteroatoms. The van der Waals surface area contributed by atoms with Gasteiger partial charge in [-0.05, 0) is 25.3 Å². The fourth-order valence-corrected chi connectivity index (χ4v) is 2.51. The minimum Gasteiger partial charge on any atom is -0.493 e. The quantitative estimate of drug-likeness (QED) is 0.799. The molecule has 5 nitrogen and oxygen atoms in total. The number of carbonyl (C=O) groups excluding carboxylic acids is 1. The third-order valence-corrected chi connectivity index (χ3v) is 4.21. The fraction of sp³-hybridized carbons (Fsp3) is 0.500. The van der Waals surface area contributed by atoms with Crippen molar-refractivity contribution < 1.29 is 19.4 Å². The Morgan fingerprint density at radius 3 is 2.60 bits per heavy atom. The standard InChI is InChI=1S/C14H21NO4S/c1-9(12(8-16)20-4)15-14(17)10-6-5-7-11(18-2)13(10)19-3/h5-7,9,12,16H,8H2,1-4H3,(H,15,17). The second-order valence-corrected chi connectivity index (χ2v) is 5.34. The first-order valence-electron chi connectivity index (χ1n) is 6.24. The number of aliphatic hydroxyl groups excluding tert-OH is 1. The molecule has 0 heterocycles. The van der Waals surface area contributed by atoms with Crippen LogP contribution in [0.25, 0.3) is 0 Å². The van der Waals surface area contributed by atoms with E-state index >= 15 is 0 Å². The lowest BCUT2D eigenvalue weighted by Gasteiger charge is -2.22. The molecule has 1 rings (SSSR count). The number of rotatable bonds is 7. The molecule has 1 aromatic carbocycles. The monoisotopic (exact) mass is 299 g/mol. The Labute approximate surface area is 123 Å². The number of ether oxygens (including phenoxy) is 2. The summed E-state index contributed by atoms with van der Waals surface area (Å²) in [6.07, 6.45) is 1.90. The van der Waals surface area contributed by atoms with Crippen LogP contribution in [0.1, 0.15) is 17.3 Å². The zero-order valence-corrected chi connectivity index (χ0v) is 13.0. The summed E-state index contributed by atoms with van der Waals surface area (Å²) in [6, 6.07) is 4.99. The van der Waals surface area contributed by atoms with Gasteiger partial charge in [-0.3, -0.25) is 4.79 Å². The Balaban J connectivity index is 2.92. The molecular formula is C14H21NO4S. The van der Waals surface area contributed by atoms with Gasteiger partial charge in [0.1, 0.15) is 0 Å². The predicted molar refractivity (Wildman–Crippen MR) is 80.9 cm³/mol. The van der Waals surface area contributed by atoms with Crippen molar-refractivity contribution in [3.8, 4) is 11.5 Å². The van der Waals surface area contributed by atoms with E-state index in [1.54, 1.807) is 18.2 Å². The zero-order chi connectivity index (χ0) is 15.1. The molecule has 0 spiro atoms. The van der Waals surface area contributed by atoms with Crippen LogP contribution in [0.4, 0.5) is 0 Å².